The van der Waals surface area contributed by atoms with Gasteiger partial charge < -0.3 is 15.6 Å². The van der Waals surface area contributed by atoms with Gasteiger partial charge >= 0.3 is 0 Å². The zero-order valence-corrected chi connectivity index (χ0v) is 12.7. The molecule has 3 rings (SSSR count). The molecule has 0 saturated heterocycles. The number of nitrogens with zero attached hydrogens (tertiary/aromatic N) is 3. The standard InChI is InChI=1S/C14H15N5O2S/c1-9(12-6-10-4-2-3-5-11(10)21-12)17-13(20)7-22-14-18-16-8-19(14)15/h2-6,8-9H,7,15H2,1H3,(H,17,20)/t9-/m0/s1. The van der Waals surface area contributed by atoms with Crippen molar-refractivity contribution in [3.05, 3.63) is 42.4 Å². The summed E-state index contributed by atoms with van der Waals surface area (Å²) in [6.07, 6.45) is 1.39. The lowest BCUT2D eigenvalue weighted by Gasteiger charge is -2.10. The highest BCUT2D eigenvalue weighted by Gasteiger charge is 2.15. The van der Waals surface area contributed by atoms with Gasteiger partial charge in [-0.25, -0.2) is 4.68 Å². The second kappa shape index (κ2) is 6.10. The summed E-state index contributed by atoms with van der Waals surface area (Å²) in [5, 5.41) is 11.9. The number of benzene rings is 1. The van der Waals surface area contributed by atoms with E-state index in [1.54, 1.807) is 0 Å². The minimum absolute atomic E-state index is 0.124. The molecular weight excluding hydrogens is 302 g/mol. The molecule has 0 aliphatic heterocycles. The van der Waals surface area contributed by atoms with Crippen LogP contribution in [0.1, 0.15) is 18.7 Å². The third kappa shape index (κ3) is 3.06. The number of nitrogens with two attached hydrogens (primary N) is 1. The fourth-order valence-electron chi connectivity index (χ4n) is 2.04. The number of aromatic nitrogens is 3. The molecule has 7 nitrogen and oxygen atoms in total. The SMILES string of the molecule is C[C@H](NC(=O)CSc1nncn1N)c1cc2ccccc2o1. The van der Waals surface area contributed by atoms with Crippen molar-refractivity contribution in [2.45, 2.75) is 18.1 Å². The average Bonchev–Trinajstić information content (AvgIpc) is 3.11. The van der Waals surface area contributed by atoms with Crippen LogP contribution in [0.25, 0.3) is 11.0 Å². The predicted molar refractivity (Wildman–Crippen MR) is 83.7 cm³/mol. The Kier molecular flexibility index (Phi) is 4.01. The topological polar surface area (TPSA) is 99.0 Å². The molecule has 3 N–H and O–H groups in total. The highest BCUT2D eigenvalue weighted by atomic mass is 32.2. The minimum Gasteiger partial charge on any atom is -0.459 e. The van der Waals surface area contributed by atoms with Crippen molar-refractivity contribution in [3.63, 3.8) is 0 Å². The quantitative estimate of drug-likeness (QED) is 0.549. The minimum atomic E-state index is -0.212. The number of carbonyl (C=O) groups excluding carboxylic acids is 1. The number of nitrogens with one attached hydrogen (secondary N) is 1. The van der Waals surface area contributed by atoms with Gasteiger partial charge in [0.05, 0.1) is 11.8 Å². The number of thioether (sulfide) groups is 1. The van der Waals surface area contributed by atoms with Crippen molar-refractivity contribution in [1.29, 1.82) is 0 Å². The summed E-state index contributed by atoms with van der Waals surface area (Å²) in [4.78, 5) is 12.0. The lowest BCUT2D eigenvalue weighted by atomic mass is 10.2. The average molecular weight is 317 g/mol. The van der Waals surface area contributed by atoms with Crippen LogP contribution in [-0.2, 0) is 4.79 Å². The van der Waals surface area contributed by atoms with E-state index in [0.29, 0.717) is 5.16 Å². The van der Waals surface area contributed by atoms with Crippen LogP contribution in [0.5, 0.6) is 0 Å². The highest BCUT2D eigenvalue weighted by Crippen LogP contribution is 2.23. The van der Waals surface area contributed by atoms with E-state index in [9.17, 15) is 4.79 Å². The molecule has 2 heterocycles. The Bertz CT molecular complexity index is 764. The maximum atomic E-state index is 12.0. The molecule has 3 aromatic rings. The number of furan rings is 1. The van der Waals surface area contributed by atoms with Gasteiger partial charge in [0.15, 0.2) is 0 Å². The number of carbonyl (C=O) groups is 1. The Morgan fingerprint density at radius 3 is 3.05 bits per heavy atom. The molecule has 0 bridgehead atoms. The first-order chi connectivity index (χ1) is 10.6. The van der Waals surface area contributed by atoms with Crippen molar-refractivity contribution >= 4 is 28.6 Å². The molecule has 1 amide bonds. The van der Waals surface area contributed by atoms with E-state index in [1.165, 1.54) is 22.8 Å². The third-order valence-corrected chi connectivity index (χ3v) is 4.08. The predicted octanol–water partition coefficient (Wildman–Crippen LogP) is 1.71. The summed E-state index contributed by atoms with van der Waals surface area (Å²) in [7, 11) is 0. The fraction of sp³-hybridized carbons (Fsp3) is 0.214. The lowest BCUT2D eigenvalue weighted by molar-refractivity contribution is -0.119. The molecule has 22 heavy (non-hydrogen) atoms. The first kappa shape index (κ1) is 14.5. The molecular formula is C14H15N5O2S. The third-order valence-electron chi connectivity index (χ3n) is 3.12. The second-order valence-corrected chi connectivity index (χ2v) is 5.73. The Hall–Kier alpha value is -2.48. The molecule has 0 unspecified atom stereocenters. The summed E-state index contributed by atoms with van der Waals surface area (Å²) in [5.74, 6) is 6.39. The van der Waals surface area contributed by atoms with Gasteiger partial charge in [0.1, 0.15) is 17.7 Å². The van der Waals surface area contributed by atoms with Crippen molar-refractivity contribution < 1.29 is 9.21 Å². The molecule has 0 aliphatic carbocycles. The maximum absolute atomic E-state index is 12.0. The van der Waals surface area contributed by atoms with Crippen LogP contribution >= 0.6 is 11.8 Å². The van der Waals surface area contributed by atoms with Crippen molar-refractivity contribution in [2.24, 2.45) is 0 Å². The van der Waals surface area contributed by atoms with Gasteiger partial charge in [0.2, 0.25) is 11.1 Å². The summed E-state index contributed by atoms with van der Waals surface area (Å²) in [5.41, 5.74) is 0.809. The molecule has 8 heteroatoms. The van der Waals surface area contributed by atoms with Crippen LogP contribution in [0, 0.1) is 0 Å². The smallest absolute Gasteiger partial charge is 0.231 e. The van der Waals surface area contributed by atoms with Crippen LogP contribution in [-0.4, -0.2) is 26.5 Å². The molecule has 1 atom stereocenters. The fourth-order valence-corrected chi connectivity index (χ4v) is 2.68. The van der Waals surface area contributed by atoms with Gasteiger partial charge in [0, 0.05) is 5.39 Å². The van der Waals surface area contributed by atoms with Crippen LogP contribution in [0.4, 0.5) is 0 Å². The van der Waals surface area contributed by atoms with Crippen molar-refractivity contribution in [3.8, 4) is 0 Å². The van der Waals surface area contributed by atoms with E-state index in [4.69, 9.17) is 10.3 Å². The zero-order chi connectivity index (χ0) is 15.5. The molecule has 0 saturated carbocycles. The molecule has 1 aromatic carbocycles. The second-order valence-electron chi connectivity index (χ2n) is 4.79. The van der Waals surface area contributed by atoms with Crippen LogP contribution < -0.4 is 11.2 Å². The van der Waals surface area contributed by atoms with Gasteiger partial charge in [-0.05, 0) is 19.1 Å². The molecule has 0 radical (unpaired) electrons. The molecule has 0 fully saturated rings. The number of rotatable bonds is 5. The van der Waals surface area contributed by atoms with Crippen molar-refractivity contribution in [1.82, 2.24) is 20.2 Å². The molecule has 0 aliphatic rings. The molecule has 2 aromatic heterocycles. The van der Waals surface area contributed by atoms with Gasteiger partial charge in [-0.3, -0.25) is 4.79 Å². The summed E-state index contributed by atoms with van der Waals surface area (Å²) < 4.78 is 7.01. The zero-order valence-electron chi connectivity index (χ0n) is 11.9. The van der Waals surface area contributed by atoms with Crippen molar-refractivity contribution in [2.75, 3.05) is 11.6 Å². The molecule has 114 valence electrons. The van der Waals surface area contributed by atoms with Crippen LogP contribution in [0.15, 0.2) is 46.2 Å². The highest BCUT2D eigenvalue weighted by molar-refractivity contribution is 7.99. The number of hydrogen-bond acceptors (Lipinski definition) is 6. The van der Waals surface area contributed by atoms with Gasteiger partial charge in [-0.2, -0.15) is 0 Å². The number of amides is 1. The van der Waals surface area contributed by atoms with Gasteiger partial charge in [-0.1, -0.05) is 30.0 Å². The van der Waals surface area contributed by atoms with Crippen LogP contribution in [0.3, 0.4) is 0 Å². The Morgan fingerprint density at radius 2 is 2.32 bits per heavy atom. The lowest BCUT2D eigenvalue weighted by Crippen LogP contribution is -2.28. The summed E-state index contributed by atoms with van der Waals surface area (Å²) in [6.45, 7) is 1.88. The van der Waals surface area contributed by atoms with E-state index >= 15 is 0 Å². The van der Waals surface area contributed by atoms with Crippen LogP contribution in [0.2, 0.25) is 0 Å². The number of hydrogen-bond donors (Lipinski definition) is 2. The van der Waals surface area contributed by atoms with Gasteiger partial charge in [0.25, 0.3) is 0 Å². The maximum Gasteiger partial charge on any atom is 0.231 e. The van der Waals surface area contributed by atoms with E-state index < -0.39 is 0 Å². The normalized spacial score (nSPS) is 12.4. The summed E-state index contributed by atoms with van der Waals surface area (Å²) >= 11 is 1.23. The molecule has 0 spiro atoms. The Labute approximate surface area is 130 Å². The Balaban J connectivity index is 1.59. The monoisotopic (exact) mass is 317 g/mol. The van der Waals surface area contributed by atoms with E-state index in [2.05, 4.69) is 15.5 Å². The largest absolute Gasteiger partial charge is 0.459 e. The first-order valence-corrected chi connectivity index (χ1v) is 7.68. The number of para-hydroxylation sites is 1. The van der Waals surface area contributed by atoms with E-state index in [-0.39, 0.29) is 17.7 Å². The van der Waals surface area contributed by atoms with E-state index in [0.717, 1.165) is 16.7 Å². The summed E-state index contributed by atoms with van der Waals surface area (Å²) in [6, 6.07) is 9.46. The van der Waals surface area contributed by atoms with Gasteiger partial charge in [-0.15, -0.1) is 10.2 Å². The first-order valence-electron chi connectivity index (χ1n) is 6.69. The number of nitrogen functional groups attached to an aromatic ring is 1. The Morgan fingerprint density at radius 1 is 1.50 bits per heavy atom. The number of fused-ring (bicyclic) bond motifs is 1. The van der Waals surface area contributed by atoms with E-state index in [1.807, 2.05) is 37.3 Å².